The topological polar surface area (TPSA) is 157 Å². The summed E-state index contributed by atoms with van der Waals surface area (Å²) in [5.41, 5.74) is -0.228. The smallest absolute Gasteiger partial charge is 0.413 e. The number of carbonyl (C=O) groups excluding carboxylic acids is 4. The number of anilines is 1. The third-order valence-corrected chi connectivity index (χ3v) is 7.78. The van der Waals surface area contributed by atoms with Crippen molar-refractivity contribution in [1.29, 1.82) is 0 Å². The second-order valence-corrected chi connectivity index (χ2v) is 13.2. The number of carbonyl (C=O) groups is 4. The molecule has 2 atom stereocenters. The third-order valence-electron chi connectivity index (χ3n) is 7.35. The molecule has 16 heteroatoms. The number of alkyl carbamates (subject to hydrolysis) is 1. The average Bonchev–Trinajstić information content (AvgIpc) is 3.07. The number of esters is 1. The lowest BCUT2D eigenvalue weighted by Gasteiger charge is -2.28. The summed E-state index contributed by atoms with van der Waals surface area (Å²) in [6.07, 6.45) is 0.815. The van der Waals surface area contributed by atoms with Crippen LogP contribution in [0.3, 0.4) is 0 Å². The van der Waals surface area contributed by atoms with Crippen LogP contribution in [0.25, 0.3) is 10.8 Å². The Labute approximate surface area is 306 Å². The number of rotatable bonds is 16. The summed E-state index contributed by atoms with van der Waals surface area (Å²) >= 11 is 6.03. The fourth-order valence-corrected chi connectivity index (χ4v) is 4.81. The molecule has 13 nitrogen and oxygen atoms in total. The maximum Gasteiger partial charge on any atom is 0.413 e. The first-order valence-electron chi connectivity index (χ1n) is 16.4. The zero-order valence-electron chi connectivity index (χ0n) is 29.7. The second-order valence-electron chi connectivity index (χ2n) is 12.8. The lowest BCUT2D eigenvalue weighted by Crippen LogP contribution is -2.46. The van der Waals surface area contributed by atoms with Crippen LogP contribution in [0.5, 0.6) is 0 Å². The zero-order chi connectivity index (χ0) is 38.4. The molecule has 0 spiro atoms. The number of fused-ring (bicyclic) bond motifs is 1. The van der Waals surface area contributed by atoms with Gasteiger partial charge in [-0.3, -0.25) is 5.32 Å². The fraction of sp³-hybridized carbons (Fsp3) is 0.417. The molecule has 0 aliphatic rings. The standard InChI is InChI=1S/C36H44ClF2N5O8/c1-22(2)52-35(48)42-29(21-51-36(3,4)5)32(45)49-15-8-7-11-27(44(6)33(46)41-19-24-10-9-12-28(39)31(24)37)20-50-34(47)43-30-17-25-16-26(38)14-13-23(25)18-40-30/h9-10,12-14,16-18,27,29H,1,7-8,11,15,19-21H2,2-6H3,(H,41,46)(H,42,48)(H,40,43,47)/t27-,29+/m0/s1. The number of nitrogens with zero attached hydrogens (tertiary/aromatic N) is 2. The van der Waals surface area contributed by atoms with Crippen molar-refractivity contribution < 1.29 is 46.9 Å². The van der Waals surface area contributed by atoms with Gasteiger partial charge in [0.1, 0.15) is 24.1 Å². The maximum absolute atomic E-state index is 13.9. The fourth-order valence-electron chi connectivity index (χ4n) is 4.62. The van der Waals surface area contributed by atoms with Crippen molar-refractivity contribution in [1.82, 2.24) is 20.5 Å². The molecule has 1 heterocycles. The highest BCUT2D eigenvalue weighted by molar-refractivity contribution is 6.31. The Bertz CT molecular complexity index is 1740. The van der Waals surface area contributed by atoms with Crippen molar-refractivity contribution >= 4 is 52.4 Å². The van der Waals surface area contributed by atoms with Gasteiger partial charge >= 0.3 is 24.2 Å². The molecule has 0 fully saturated rings. The van der Waals surface area contributed by atoms with E-state index in [1.165, 1.54) is 55.4 Å². The normalized spacial score (nSPS) is 12.3. The number of benzene rings is 2. The minimum atomic E-state index is -1.15. The number of likely N-dealkylation sites (N-methyl/N-ethyl adjacent to an activating group) is 1. The molecular weight excluding hydrogens is 704 g/mol. The number of hydrogen-bond acceptors (Lipinski definition) is 9. The molecule has 52 heavy (non-hydrogen) atoms. The van der Waals surface area contributed by atoms with Crippen molar-refractivity contribution in [3.8, 4) is 0 Å². The molecule has 2 aromatic carbocycles. The van der Waals surface area contributed by atoms with Gasteiger partial charge in [0.15, 0.2) is 6.04 Å². The van der Waals surface area contributed by atoms with Crippen LogP contribution in [0.1, 0.15) is 52.5 Å². The summed E-state index contributed by atoms with van der Waals surface area (Å²) in [6.45, 7) is 9.87. The van der Waals surface area contributed by atoms with Gasteiger partial charge in [-0.15, -0.1) is 0 Å². The Kier molecular flexibility index (Phi) is 15.6. The number of urea groups is 1. The van der Waals surface area contributed by atoms with Crippen molar-refractivity contribution in [3.63, 3.8) is 0 Å². The van der Waals surface area contributed by atoms with E-state index in [2.05, 4.69) is 27.5 Å². The third kappa shape index (κ3) is 13.9. The molecule has 0 unspecified atom stereocenters. The Morgan fingerprint density at radius 3 is 2.46 bits per heavy atom. The van der Waals surface area contributed by atoms with Crippen LogP contribution in [0.4, 0.5) is 29.0 Å². The number of ether oxygens (including phenoxy) is 4. The van der Waals surface area contributed by atoms with E-state index in [0.29, 0.717) is 35.6 Å². The number of amides is 4. The number of halogens is 3. The highest BCUT2D eigenvalue weighted by atomic mass is 35.5. The first-order valence-corrected chi connectivity index (χ1v) is 16.8. The zero-order valence-corrected chi connectivity index (χ0v) is 30.5. The summed E-state index contributed by atoms with van der Waals surface area (Å²) in [4.78, 5) is 56.3. The summed E-state index contributed by atoms with van der Waals surface area (Å²) in [5.74, 6) is -1.54. The van der Waals surface area contributed by atoms with E-state index in [9.17, 15) is 28.0 Å². The van der Waals surface area contributed by atoms with E-state index >= 15 is 0 Å². The Morgan fingerprint density at radius 2 is 1.75 bits per heavy atom. The van der Waals surface area contributed by atoms with Gasteiger partial charge in [0.2, 0.25) is 0 Å². The van der Waals surface area contributed by atoms with E-state index in [0.717, 1.165) is 0 Å². The van der Waals surface area contributed by atoms with Gasteiger partial charge in [0.05, 0.1) is 35.6 Å². The number of unbranched alkanes of at least 4 members (excludes halogenated alkanes) is 1. The maximum atomic E-state index is 13.9. The highest BCUT2D eigenvalue weighted by Gasteiger charge is 2.27. The minimum absolute atomic E-state index is 0.0294. The molecule has 282 valence electrons. The number of nitrogens with one attached hydrogen (secondary N) is 3. The molecule has 0 bridgehead atoms. The number of pyridine rings is 1. The predicted molar refractivity (Wildman–Crippen MR) is 191 cm³/mol. The van der Waals surface area contributed by atoms with Crippen LogP contribution in [-0.2, 0) is 30.3 Å². The average molecular weight is 748 g/mol. The van der Waals surface area contributed by atoms with Crippen molar-refractivity contribution in [2.24, 2.45) is 0 Å². The first-order chi connectivity index (χ1) is 24.5. The lowest BCUT2D eigenvalue weighted by molar-refractivity contribution is -0.149. The summed E-state index contributed by atoms with van der Waals surface area (Å²) in [7, 11) is 1.50. The SMILES string of the molecule is C=C(C)OC(=O)N[C@H](COC(C)(C)C)C(=O)OCCCC[C@@H](COC(=O)Nc1cc2cc(F)ccc2cn1)N(C)C(=O)NCc1cccc(F)c1Cl. The summed E-state index contributed by atoms with van der Waals surface area (Å²) < 4.78 is 49.0. The Balaban J connectivity index is 1.61. The van der Waals surface area contributed by atoms with Crippen LogP contribution < -0.4 is 16.0 Å². The van der Waals surface area contributed by atoms with E-state index in [-0.39, 0.29) is 43.0 Å². The molecule has 3 rings (SSSR count). The number of allylic oxidation sites excluding steroid dienone is 1. The monoisotopic (exact) mass is 747 g/mol. The van der Waals surface area contributed by atoms with Gasteiger partial charge in [-0.25, -0.2) is 32.9 Å². The molecule has 0 aliphatic carbocycles. The summed E-state index contributed by atoms with van der Waals surface area (Å²) in [5, 5.41) is 8.68. The van der Waals surface area contributed by atoms with Gasteiger partial charge in [-0.1, -0.05) is 30.3 Å². The largest absolute Gasteiger partial charge is 0.464 e. The van der Waals surface area contributed by atoms with E-state index in [1.807, 2.05) is 0 Å². The number of aromatic nitrogens is 1. The van der Waals surface area contributed by atoms with Crippen LogP contribution in [0.2, 0.25) is 5.02 Å². The molecule has 3 N–H and O–H groups in total. The number of hydrogen-bond donors (Lipinski definition) is 3. The molecular formula is C36H44ClF2N5O8. The van der Waals surface area contributed by atoms with E-state index in [4.69, 9.17) is 30.5 Å². The molecule has 0 saturated heterocycles. The molecule has 0 radical (unpaired) electrons. The Hall–Kier alpha value is -5.02. The van der Waals surface area contributed by atoms with Crippen LogP contribution in [0.15, 0.2) is 61.0 Å². The van der Waals surface area contributed by atoms with Gasteiger partial charge in [-0.05, 0) is 88.2 Å². The van der Waals surface area contributed by atoms with Crippen molar-refractivity contribution in [3.05, 3.63) is 83.2 Å². The van der Waals surface area contributed by atoms with Crippen LogP contribution >= 0.6 is 11.6 Å². The van der Waals surface area contributed by atoms with Gasteiger partial charge in [-0.2, -0.15) is 0 Å². The van der Waals surface area contributed by atoms with Crippen molar-refractivity contribution in [2.45, 2.75) is 71.2 Å². The van der Waals surface area contributed by atoms with Gasteiger partial charge < -0.3 is 34.5 Å². The second kappa shape index (κ2) is 19.6. The molecule has 4 amide bonds. The molecule has 0 aliphatic heterocycles. The summed E-state index contributed by atoms with van der Waals surface area (Å²) in [6, 6.07) is 7.56. The molecule has 0 saturated carbocycles. The first kappa shape index (κ1) is 41.4. The predicted octanol–water partition coefficient (Wildman–Crippen LogP) is 7.08. The Morgan fingerprint density at radius 1 is 1.00 bits per heavy atom. The van der Waals surface area contributed by atoms with Gasteiger partial charge in [0, 0.05) is 25.2 Å². The lowest BCUT2D eigenvalue weighted by atomic mass is 10.1. The quantitative estimate of drug-likeness (QED) is 0.0603. The molecule has 3 aromatic rings. The van der Waals surface area contributed by atoms with Gasteiger partial charge in [0.25, 0.3) is 0 Å². The van der Waals surface area contributed by atoms with E-state index < -0.39 is 53.5 Å². The highest BCUT2D eigenvalue weighted by Crippen LogP contribution is 2.20. The minimum Gasteiger partial charge on any atom is -0.464 e. The van der Waals surface area contributed by atoms with Crippen LogP contribution in [-0.4, -0.2) is 78.6 Å². The van der Waals surface area contributed by atoms with Crippen molar-refractivity contribution in [2.75, 3.05) is 32.2 Å². The van der Waals surface area contributed by atoms with E-state index in [1.54, 1.807) is 32.9 Å². The molecule has 1 aromatic heterocycles. The van der Waals surface area contributed by atoms with Crippen LogP contribution in [0, 0.1) is 11.6 Å².